The van der Waals surface area contributed by atoms with E-state index in [0.29, 0.717) is 24.0 Å². The summed E-state index contributed by atoms with van der Waals surface area (Å²) in [5.74, 6) is 10.2. The normalized spacial score (nSPS) is 9.08. The van der Waals surface area contributed by atoms with Crippen molar-refractivity contribution in [3.63, 3.8) is 0 Å². The predicted molar refractivity (Wildman–Crippen MR) is 98.2 cm³/mol. The summed E-state index contributed by atoms with van der Waals surface area (Å²) in [5.41, 5.74) is 1.04. The maximum absolute atomic E-state index is 11.7. The molecule has 0 amide bonds. The van der Waals surface area contributed by atoms with Crippen LogP contribution in [0.15, 0.2) is 60.7 Å². The number of rotatable bonds is 6. The van der Waals surface area contributed by atoms with Gasteiger partial charge in [0.05, 0.1) is 11.1 Å². The first-order valence-corrected chi connectivity index (χ1v) is 8.17. The Hall–Kier alpha value is -3.50. The molecule has 0 fully saturated rings. The monoisotopic (exact) mass is 346 g/mol. The Morgan fingerprint density at radius 3 is 1.42 bits per heavy atom. The van der Waals surface area contributed by atoms with Crippen LogP contribution in [0, 0.1) is 23.7 Å². The van der Waals surface area contributed by atoms with Crippen LogP contribution >= 0.6 is 0 Å². The van der Waals surface area contributed by atoms with Gasteiger partial charge in [0.25, 0.3) is 0 Å². The zero-order valence-corrected chi connectivity index (χ0v) is 14.2. The number of carbonyl (C=O) groups excluding carboxylic acids is 2. The molecular weight excluding hydrogens is 328 g/mol. The lowest BCUT2D eigenvalue weighted by Crippen LogP contribution is -2.05. The molecule has 0 heterocycles. The highest BCUT2D eigenvalue weighted by Gasteiger charge is 2.04. The number of carbonyl (C=O) groups is 2. The number of benzene rings is 2. The van der Waals surface area contributed by atoms with Gasteiger partial charge in [0.2, 0.25) is 0 Å². The molecular formula is C22H18O4. The van der Waals surface area contributed by atoms with Crippen molar-refractivity contribution in [1.82, 2.24) is 0 Å². The summed E-state index contributed by atoms with van der Waals surface area (Å²) in [4.78, 5) is 23.3. The lowest BCUT2D eigenvalue weighted by molar-refractivity contribution is 0.0504. The van der Waals surface area contributed by atoms with Crippen molar-refractivity contribution in [1.29, 1.82) is 0 Å². The smallest absolute Gasteiger partial charge is 0.338 e. The van der Waals surface area contributed by atoms with E-state index in [4.69, 9.17) is 9.47 Å². The summed E-state index contributed by atoms with van der Waals surface area (Å²) >= 11 is 0. The number of esters is 2. The van der Waals surface area contributed by atoms with E-state index in [1.165, 1.54) is 0 Å². The van der Waals surface area contributed by atoms with Crippen LogP contribution in [0.5, 0.6) is 0 Å². The Morgan fingerprint density at radius 1 is 0.654 bits per heavy atom. The minimum atomic E-state index is -0.362. The third-order valence-corrected chi connectivity index (χ3v) is 3.18. The van der Waals surface area contributed by atoms with Gasteiger partial charge in [-0.15, -0.1) is 0 Å². The SMILES string of the molecule is O=C(OCCC#CC#CCCOC(=O)c1ccccc1)c1ccccc1. The van der Waals surface area contributed by atoms with Crippen LogP contribution in [-0.4, -0.2) is 25.2 Å². The maximum atomic E-state index is 11.7. The molecule has 0 aliphatic carbocycles. The second-order valence-corrected chi connectivity index (χ2v) is 5.11. The molecule has 4 heteroatoms. The lowest BCUT2D eigenvalue weighted by Gasteiger charge is -2.01. The molecule has 0 N–H and O–H groups in total. The van der Waals surface area contributed by atoms with Crippen molar-refractivity contribution in [3.05, 3.63) is 71.8 Å². The molecule has 26 heavy (non-hydrogen) atoms. The molecule has 4 nitrogen and oxygen atoms in total. The van der Waals surface area contributed by atoms with E-state index in [0.717, 1.165) is 0 Å². The van der Waals surface area contributed by atoms with Gasteiger partial charge in [0.15, 0.2) is 0 Å². The number of hydrogen-bond acceptors (Lipinski definition) is 4. The third kappa shape index (κ3) is 6.95. The first kappa shape index (κ1) is 18.8. The highest BCUT2D eigenvalue weighted by atomic mass is 16.5. The van der Waals surface area contributed by atoms with E-state index in [1.54, 1.807) is 48.5 Å². The molecule has 0 aromatic heterocycles. The molecule has 0 radical (unpaired) electrons. The molecule has 0 bridgehead atoms. The molecule has 0 unspecified atom stereocenters. The molecule has 0 saturated heterocycles. The van der Waals surface area contributed by atoms with Crippen molar-refractivity contribution >= 4 is 11.9 Å². The maximum Gasteiger partial charge on any atom is 0.338 e. The average Bonchev–Trinajstić information content (AvgIpc) is 2.70. The summed E-state index contributed by atoms with van der Waals surface area (Å²) < 4.78 is 10.2. The van der Waals surface area contributed by atoms with Crippen LogP contribution in [0.1, 0.15) is 33.6 Å². The van der Waals surface area contributed by atoms with E-state index in [2.05, 4.69) is 23.7 Å². The molecule has 0 spiro atoms. The van der Waals surface area contributed by atoms with Gasteiger partial charge in [-0.05, 0) is 36.1 Å². The minimum Gasteiger partial charge on any atom is -0.461 e. The second-order valence-electron chi connectivity index (χ2n) is 5.11. The number of ether oxygens (including phenoxy) is 2. The minimum absolute atomic E-state index is 0.219. The fourth-order valence-corrected chi connectivity index (χ4v) is 1.92. The summed E-state index contributed by atoms with van der Waals surface area (Å²) in [6, 6.07) is 17.6. The van der Waals surface area contributed by atoms with Gasteiger partial charge in [-0.2, -0.15) is 0 Å². The third-order valence-electron chi connectivity index (χ3n) is 3.18. The van der Waals surface area contributed by atoms with Crippen LogP contribution in [0.4, 0.5) is 0 Å². The van der Waals surface area contributed by atoms with E-state index < -0.39 is 0 Å². The molecule has 130 valence electrons. The Morgan fingerprint density at radius 2 is 1.04 bits per heavy atom. The van der Waals surface area contributed by atoms with Crippen LogP contribution < -0.4 is 0 Å². The molecule has 2 aromatic carbocycles. The van der Waals surface area contributed by atoms with Crippen molar-refractivity contribution in [2.24, 2.45) is 0 Å². The zero-order chi connectivity index (χ0) is 18.5. The van der Waals surface area contributed by atoms with Gasteiger partial charge in [-0.1, -0.05) is 48.2 Å². The van der Waals surface area contributed by atoms with Gasteiger partial charge in [-0.3, -0.25) is 0 Å². The Labute approximate surface area is 153 Å². The van der Waals surface area contributed by atoms with Crippen LogP contribution in [-0.2, 0) is 9.47 Å². The Bertz CT molecular complexity index is 760. The van der Waals surface area contributed by atoms with Crippen molar-refractivity contribution < 1.29 is 19.1 Å². The van der Waals surface area contributed by atoms with Crippen LogP contribution in [0.3, 0.4) is 0 Å². The van der Waals surface area contributed by atoms with Crippen molar-refractivity contribution in [3.8, 4) is 23.7 Å². The highest BCUT2D eigenvalue weighted by Crippen LogP contribution is 2.02. The summed E-state index contributed by atoms with van der Waals surface area (Å²) in [7, 11) is 0. The van der Waals surface area contributed by atoms with Gasteiger partial charge in [-0.25, -0.2) is 9.59 Å². The Balaban J connectivity index is 1.58. The van der Waals surface area contributed by atoms with Crippen LogP contribution in [0.2, 0.25) is 0 Å². The van der Waals surface area contributed by atoms with Crippen LogP contribution in [0.25, 0.3) is 0 Å². The predicted octanol–water partition coefficient (Wildman–Crippen LogP) is 3.49. The average molecular weight is 346 g/mol. The van der Waals surface area contributed by atoms with E-state index in [9.17, 15) is 9.59 Å². The molecule has 0 atom stereocenters. The van der Waals surface area contributed by atoms with E-state index >= 15 is 0 Å². The summed E-state index contributed by atoms with van der Waals surface area (Å²) in [6.07, 6.45) is 0.826. The fourth-order valence-electron chi connectivity index (χ4n) is 1.92. The van der Waals surface area contributed by atoms with Gasteiger partial charge < -0.3 is 9.47 Å². The van der Waals surface area contributed by atoms with Crippen molar-refractivity contribution in [2.45, 2.75) is 12.8 Å². The largest absolute Gasteiger partial charge is 0.461 e. The first-order chi connectivity index (χ1) is 12.8. The summed E-state index contributed by atoms with van der Waals surface area (Å²) in [6.45, 7) is 0.439. The van der Waals surface area contributed by atoms with Gasteiger partial charge >= 0.3 is 11.9 Å². The second kappa shape index (κ2) is 11.1. The molecule has 2 aromatic rings. The molecule has 0 aliphatic heterocycles. The van der Waals surface area contributed by atoms with Gasteiger partial charge in [0.1, 0.15) is 13.2 Å². The van der Waals surface area contributed by atoms with E-state index in [-0.39, 0.29) is 25.2 Å². The number of hydrogen-bond donors (Lipinski definition) is 0. The Kier molecular flexibility index (Phi) is 8.06. The first-order valence-electron chi connectivity index (χ1n) is 8.17. The molecule has 0 saturated carbocycles. The summed E-state index contributed by atoms with van der Waals surface area (Å²) in [5, 5.41) is 0. The van der Waals surface area contributed by atoms with Crippen molar-refractivity contribution in [2.75, 3.05) is 13.2 Å². The quantitative estimate of drug-likeness (QED) is 0.456. The standard InChI is InChI=1S/C22H18O4/c23-21(19-13-7-5-8-14-19)25-17-11-3-1-2-4-12-18-26-22(24)20-15-9-6-10-16-20/h5-10,13-16H,11-12,17-18H2. The zero-order valence-electron chi connectivity index (χ0n) is 14.2. The fraction of sp³-hybridized carbons (Fsp3) is 0.182. The lowest BCUT2D eigenvalue weighted by atomic mass is 10.2. The molecule has 0 aliphatic rings. The highest BCUT2D eigenvalue weighted by molar-refractivity contribution is 5.89. The topological polar surface area (TPSA) is 52.6 Å². The molecule has 2 rings (SSSR count). The van der Waals surface area contributed by atoms with Gasteiger partial charge in [0, 0.05) is 12.8 Å². The van der Waals surface area contributed by atoms with E-state index in [1.807, 2.05) is 12.1 Å².